The summed E-state index contributed by atoms with van der Waals surface area (Å²) in [7, 11) is 1.64. The molecule has 0 bridgehead atoms. The largest absolute Gasteiger partial charge is 0.497 e. The molecular weight excluding hydrogens is 594 g/mol. The lowest BCUT2D eigenvalue weighted by atomic mass is 10.1. The highest BCUT2D eigenvalue weighted by Crippen LogP contribution is 2.29. The number of nitrogens with zero attached hydrogens (tertiary/aromatic N) is 4. The molecule has 1 N–H and O–H groups in total. The Morgan fingerprint density at radius 2 is 1.73 bits per heavy atom. The first-order valence-electron chi connectivity index (χ1n) is 14.0. The average Bonchev–Trinajstić information content (AvgIpc) is 3.03. The summed E-state index contributed by atoms with van der Waals surface area (Å²) in [6.45, 7) is 4.24. The minimum absolute atomic E-state index is 0.154. The van der Waals surface area contributed by atoms with Gasteiger partial charge in [-0.25, -0.2) is 9.97 Å². The normalized spacial score (nSPS) is 12.0. The van der Waals surface area contributed by atoms with Crippen LogP contribution < -0.4 is 21.0 Å². The Labute approximate surface area is 263 Å². The number of halogens is 1. The Balaban J connectivity index is 1.51. The van der Waals surface area contributed by atoms with Gasteiger partial charge in [0.15, 0.2) is 16.2 Å². The van der Waals surface area contributed by atoms with E-state index in [9.17, 15) is 9.59 Å². The zero-order valence-corrected chi connectivity index (χ0v) is 26.2. The van der Waals surface area contributed by atoms with Gasteiger partial charge in [0.25, 0.3) is 5.56 Å². The molecule has 1 unspecified atom stereocenters. The second kappa shape index (κ2) is 12.2. The van der Waals surface area contributed by atoms with Crippen molar-refractivity contribution in [2.24, 2.45) is 0 Å². The molecule has 0 aliphatic heterocycles. The highest BCUT2D eigenvalue weighted by Gasteiger charge is 2.22. The molecule has 0 fully saturated rings. The van der Waals surface area contributed by atoms with Crippen molar-refractivity contribution in [2.75, 3.05) is 18.7 Å². The van der Waals surface area contributed by atoms with Crippen molar-refractivity contribution in [1.82, 2.24) is 19.1 Å². The maximum atomic E-state index is 14.0. The molecule has 10 heteroatoms. The SMILES string of the molecule is COc1ccc(Cn2cc(C)c(=O)c3c(NC(C)c4cc5cccc(Cl)c5c(=O)n4-c4ccccc4)nc(SC)nc32)cc1. The number of rotatable bonds is 8. The minimum atomic E-state index is -0.436. The number of hydrogen-bond acceptors (Lipinski definition) is 7. The van der Waals surface area contributed by atoms with E-state index in [0.29, 0.717) is 55.9 Å². The molecule has 44 heavy (non-hydrogen) atoms. The quantitative estimate of drug-likeness (QED) is 0.144. The number of thioether (sulfide) groups is 1. The first-order chi connectivity index (χ1) is 21.3. The van der Waals surface area contributed by atoms with Gasteiger partial charge in [-0.15, -0.1) is 0 Å². The summed E-state index contributed by atoms with van der Waals surface area (Å²) in [5.74, 6) is 1.18. The number of benzene rings is 3. The zero-order valence-electron chi connectivity index (χ0n) is 24.7. The molecule has 222 valence electrons. The molecule has 6 rings (SSSR count). The summed E-state index contributed by atoms with van der Waals surface area (Å²) in [5.41, 5.74) is 3.15. The maximum Gasteiger partial charge on any atom is 0.264 e. The number of aryl methyl sites for hydroxylation is 1. The Kier molecular flexibility index (Phi) is 8.16. The van der Waals surface area contributed by atoms with Crippen LogP contribution in [0.3, 0.4) is 0 Å². The van der Waals surface area contributed by atoms with Crippen LogP contribution in [0.4, 0.5) is 5.82 Å². The van der Waals surface area contributed by atoms with Crippen LogP contribution in [0.2, 0.25) is 5.02 Å². The molecule has 3 aromatic heterocycles. The van der Waals surface area contributed by atoms with Gasteiger partial charge in [0.05, 0.1) is 23.6 Å². The molecule has 0 aliphatic carbocycles. The summed E-state index contributed by atoms with van der Waals surface area (Å²) < 4.78 is 8.95. The first kappa shape index (κ1) is 29.5. The van der Waals surface area contributed by atoms with E-state index in [2.05, 4.69) is 5.32 Å². The van der Waals surface area contributed by atoms with Crippen molar-refractivity contribution in [3.8, 4) is 11.4 Å². The number of nitrogens with one attached hydrogen (secondary N) is 1. The minimum Gasteiger partial charge on any atom is -0.497 e. The lowest BCUT2D eigenvalue weighted by Crippen LogP contribution is -2.26. The summed E-state index contributed by atoms with van der Waals surface area (Å²) in [6, 6.07) is 24.2. The Morgan fingerprint density at radius 3 is 2.43 bits per heavy atom. The van der Waals surface area contributed by atoms with Crippen molar-refractivity contribution in [3.63, 3.8) is 0 Å². The van der Waals surface area contributed by atoms with E-state index < -0.39 is 6.04 Å². The smallest absolute Gasteiger partial charge is 0.264 e. The fourth-order valence-electron chi connectivity index (χ4n) is 5.42. The van der Waals surface area contributed by atoms with Gasteiger partial charge in [0.1, 0.15) is 17.0 Å². The van der Waals surface area contributed by atoms with Crippen LogP contribution >= 0.6 is 23.4 Å². The van der Waals surface area contributed by atoms with Gasteiger partial charge < -0.3 is 14.6 Å². The number of para-hydroxylation sites is 1. The number of ether oxygens (including phenoxy) is 1. The van der Waals surface area contributed by atoms with E-state index in [1.54, 1.807) is 24.7 Å². The number of hydrogen-bond donors (Lipinski definition) is 1. The Morgan fingerprint density at radius 1 is 0.977 bits per heavy atom. The third-order valence-corrected chi connectivity index (χ3v) is 8.47. The maximum absolute atomic E-state index is 14.0. The fourth-order valence-corrected chi connectivity index (χ4v) is 6.04. The number of pyridine rings is 2. The third-order valence-electron chi connectivity index (χ3n) is 7.61. The van der Waals surface area contributed by atoms with Crippen molar-refractivity contribution in [3.05, 3.63) is 127 Å². The van der Waals surface area contributed by atoms with Gasteiger partial charge in [0, 0.05) is 29.7 Å². The molecule has 8 nitrogen and oxygen atoms in total. The van der Waals surface area contributed by atoms with Gasteiger partial charge >= 0.3 is 0 Å². The van der Waals surface area contributed by atoms with Crippen LogP contribution in [0.5, 0.6) is 5.75 Å². The van der Waals surface area contributed by atoms with E-state index in [4.69, 9.17) is 26.3 Å². The van der Waals surface area contributed by atoms with Gasteiger partial charge in [-0.05, 0) is 67.5 Å². The third kappa shape index (κ3) is 5.44. The van der Waals surface area contributed by atoms with E-state index in [-0.39, 0.29) is 11.0 Å². The van der Waals surface area contributed by atoms with Gasteiger partial charge in [-0.2, -0.15) is 0 Å². The van der Waals surface area contributed by atoms with Crippen molar-refractivity contribution < 1.29 is 4.74 Å². The van der Waals surface area contributed by atoms with E-state index in [1.165, 1.54) is 11.8 Å². The second-order valence-corrected chi connectivity index (χ2v) is 11.7. The monoisotopic (exact) mass is 623 g/mol. The summed E-state index contributed by atoms with van der Waals surface area (Å²) in [5, 5.41) is 5.96. The van der Waals surface area contributed by atoms with Crippen molar-refractivity contribution in [2.45, 2.75) is 31.6 Å². The lowest BCUT2D eigenvalue weighted by Gasteiger charge is -2.23. The number of aromatic nitrogens is 4. The predicted molar refractivity (Wildman–Crippen MR) is 179 cm³/mol. The molecule has 0 aliphatic rings. The van der Waals surface area contributed by atoms with Crippen LogP contribution in [-0.4, -0.2) is 32.5 Å². The predicted octanol–water partition coefficient (Wildman–Crippen LogP) is 7.01. The van der Waals surface area contributed by atoms with Gasteiger partial charge in [-0.1, -0.05) is 65.8 Å². The van der Waals surface area contributed by atoms with E-state index in [1.807, 2.05) is 96.7 Å². The number of methoxy groups -OCH3 is 1. The number of anilines is 1. The zero-order chi connectivity index (χ0) is 31.0. The second-order valence-electron chi connectivity index (χ2n) is 10.5. The molecule has 0 saturated carbocycles. The fraction of sp³-hybridized carbons (Fsp3) is 0.176. The average molecular weight is 624 g/mol. The molecule has 3 aromatic carbocycles. The molecule has 0 amide bonds. The lowest BCUT2D eigenvalue weighted by molar-refractivity contribution is 0.414. The summed E-state index contributed by atoms with van der Waals surface area (Å²) in [4.78, 5) is 37.2. The highest BCUT2D eigenvalue weighted by atomic mass is 35.5. The summed E-state index contributed by atoms with van der Waals surface area (Å²) in [6.07, 6.45) is 3.73. The van der Waals surface area contributed by atoms with E-state index in [0.717, 1.165) is 16.7 Å². The standard InChI is InChI=1S/C34H30ClN5O3S/c1-20-18-39(19-22-13-15-25(43-3)16-14-22)32-29(30(20)41)31(37-34(38-32)44-4)36-21(2)27-17-23-9-8-12-26(35)28(23)33(42)40(27)24-10-6-5-7-11-24/h5-18,21H,19H2,1-4H3,(H,36,37,38). The molecule has 0 spiro atoms. The summed E-state index contributed by atoms with van der Waals surface area (Å²) >= 11 is 7.90. The molecule has 0 saturated heterocycles. The first-order valence-corrected chi connectivity index (χ1v) is 15.6. The van der Waals surface area contributed by atoms with Crippen LogP contribution in [0.15, 0.2) is 99.8 Å². The Hall–Kier alpha value is -4.60. The van der Waals surface area contributed by atoms with Crippen LogP contribution in [0.25, 0.3) is 27.5 Å². The molecule has 6 aromatic rings. The highest BCUT2D eigenvalue weighted by molar-refractivity contribution is 7.98. The number of fused-ring (bicyclic) bond motifs is 2. The van der Waals surface area contributed by atoms with Crippen LogP contribution in [0, 0.1) is 6.92 Å². The molecule has 1 atom stereocenters. The molecular formula is C34H30ClN5O3S. The van der Waals surface area contributed by atoms with Crippen LogP contribution in [-0.2, 0) is 6.54 Å². The van der Waals surface area contributed by atoms with Crippen molar-refractivity contribution in [1.29, 1.82) is 0 Å². The van der Waals surface area contributed by atoms with E-state index >= 15 is 0 Å². The van der Waals surface area contributed by atoms with Crippen LogP contribution in [0.1, 0.15) is 29.8 Å². The van der Waals surface area contributed by atoms with Gasteiger partial charge in [0.2, 0.25) is 0 Å². The molecule has 3 heterocycles. The van der Waals surface area contributed by atoms with Crippen molar-refractivity contribution >= 4 is 51.0 Å². The Bertz CT molecular complexity index is 2130. The topological polar surface area (TPSA) is 91.0 Å². The van der Waals surface area contributed by atoms with Gasteiger partial charge in [-0.3, -0.25) is 14.2 Å². The molecule has 0 radical (unpaired) electrons.